The minimum Gasteiger partial charge on any atom is -0.406 e. The topological polar surface area (TPSA) is 58.0 Å². The molecule has 196 valence electrons. The van der Waals surface area contributed by atoms with Gasteiger partial charge < -0.3 is 9.84 Å². The molecule has 3 aromatic rings. The van der Waals surface area contributed by atoms with Crippen LogP contribution >= 0.6 is 0 Å². The number of hydrogen-bond acceptors (Lipinski definition) is 5. The second-order valence-electron chi connectivity index (χ2n) is 7.72. The van der Waals surface area contributed by atoms with Gasteiger partial charge in [-0.2, -0.15) is 13.9 Å². The number of hydrazone groups is 1. The molecule has 5 nitrogen and oxygen atoms in total. The minimum atomic E-state index is -4.93. The first-order chi connectivity index (χ1) is 17.3. The van der Waals surface area contributed by atoms with Crippen molar-refractivity contribution in [3.63, 3.8) is 0 Å². The van der Waals surface area contributed by atoms with E-state index in [1.165, 1.54) is 25.3 Å². The molecule has 0 aliphatic carbocycles. The maximum Gasteiger partial charge on any atom is 0.573 e. The van der Waals surface area contributed by atoms with E-state index in [2.05, 4.69) is 21.4 Å². The average molecular weight is 527 g/mol. The van der Waals surface area contributed by atoms with Gasteiger partial charge in [0.05, 0.1) is 6.54 Å². The van der Waals surface area contributed by atoms with E-state index >= 15 is 8.78 Å². The van der Waals surface area contributed by atoms with Gasteiger partial charge in [-0.15, -0.1) is 13.2 Å². The molecule has 12 heteroatoms. The summed E-state index contributed by atoms with van der Waals surface area (Å²) in [6, 6.07) is 8.51. The van der Waals surface area contributed by atoms with Crippen molar-refractivity contribution in [2.75, 3.05) is 6.54 Å². The fourth-order valence-corrected chi connectivity index (χ4v) is 3.55. The van der Waals surface area contributed by atoms with E-state index in [0.717, 1.165) is 41.7 Å². The van der Waals surface area contributed by atoms with Crippen molar-refractivity contribution >= 4 is 6.21 Å². The number of halogens is 7. The molecule has 0 aliphatic rings. The molecule has 1 unspecified atom stereocenters. The van der Waals surface area contributed by atoms with E-state index in [4.69, 9.17) is 0 Å². The molecule has 0 spiro atoms. The van der Waals surface area contributed by atoms with Gasteiger partial charge in [-0.1, -0.05) is 24.8 Å². The van der Waals surface area contributed by atoms with Crippen LogP contribution in [0.3, 0.4) is 0 Å². The summed E-state index contributed by atoms with van der Waals surface area (Å²) in [5.41, 5.74) is -4.87. The van der Waals surface area contributed by atoms with Gasteiger partial charge in [0.15, 0.2) is 5.60 Å². The highest BCUT2D eigenvalue weighted by molar-refractivity contribution is 5.64. The summed E-state index contributed by atoms with van der Waals surface area (Å²) in [5, 5.41) is 15.9. The van der Waals surface area contributed by atoms with Crippen LogP contribution in [0.1, 0.15) is 18.2 Å². The molecule has 1 heterocycles. The Morgan fingerprint density at radius 1 is 1.03 bits per heavy atom. The molecule has 0 bridgehead atoms. The van der Waals surface area contributed by atoms with Crippen LogP contribution in [0.15, 0.2) is 78.7 Å². The van der Waals surface area contributed by atoms with Gasteiger partial charge >= 0.3 is 12.3 Å². The zero-order valence-electron chi connectivity index (χ0n) is 19.2. The molecule has 0 amide bonds. The number of nitrogens with zero attached hydrogens (tertiary/aromatic N) is 3. The molecule has 0 saturated heterocycles. The molecule has 1 atom stereocenters. The Balaban J connectivity index is 2.05. The predicted octanol–water partition coefficient (Wildman–Crippen LogP) is 6.36. The third-order valence-electron chi connectivity index (χ3n) is 5.25. The average Bonchev–Trinajstić information content (AvgIpc) is 2.82. The van der Waals surface area contributed by atoms with E-state index in [0.29, 0.717) is 18.2 Å². The summed E-state index contributed by atoms with van der Waals surface area (Å²) in [7, 11) is 0. The van der Waals surface area contributed by atoms with Crippen molar-refractivity contribution in [1.82, 2.24) is 9.99 Å². The van der Waals surface area contributed by atoms with Gasteiger partial charge in [0.2, 0.25) is 0 Å². The van der Waals surface area contributed by atoms with Gasteiger partial charge in [-0.05, 0) is 42.8 Å². The summed E-state index contributed by atoms with van der Waals surface area (Å²) >= 11 is 0. The lowest BCUT2D eigenvalue weighted by Gasteiger charge is -2.38. The highest BCUT2D eigenvalue weighted by atomic mass is 19.4. The first-order valence-corrected chi connectivity index (χ1v) is 10.6. The van der Waals surface area contributed by atoms with Crippen molar-refractivity contribution in [3.05, 3.63) is 96.5 Å². The first kappa shape index (κ1) is 27.7. The zero-order valence-corrected chi connectivity index (χ0v) is 19.2. The van der Waals surface area contributed by atoms with Crippen LogP contribution in [-0.2, 0) is 11.5 Å². The number of alkyl halides is 5. The molecule has 37 heavy (non-hydrogen) atoms. The predicted molar refractivity (Wildman–Crippen MR) is 122 cm³/mol. The van der Waals surface area contributed by atoms with Crippen LogP contribution < -0.4 is 4.74 Å². The highest BCUT2D eigenvalue weighted by Gasteiger charge is 2.58. The van der Waals surface area contributed by atoms with E-state index in [9.17, 15) is 27.1 Å². The third kappa shape index (κ3) is 6.08. The van der Waals surface area contributed by atoms with Crippen molar-refractivity contribution in [3.8, 4) is 16.9 Å². The summed E-state index contributed by atoms with van der Waals surface area (Å²) in [5.74, 6) is -7.26. The Labute approximate surface area is 207 Å². The standard InChI is InChI=1S/C25H20F7N3O2/c1-3-34-35(4-2)15-23(36,20-10-9-18(26)13-21(20)27)24(28,29)22-11-8-17(14-33-22)16-6-5-7-19(12-16)37-25(30,31)32/h3-14,36H,2,15H2,1H3. The van der Waals surface area contributed by atoms with Crippen LogP contribution in [0.5, 0.6) is 5.75 Å². The van der Waals surface area contributed by atoms with Crippen molar-refractivity contribution in [2.24, 2.45) is 5.10 Å². The Bertz CT molecular complexity index is 1280. The molecule has 0 aliphatic heterocycles. The van der Waals surface area contributed by atoms with Crippen LogP contribution in [0, 0.1) is 11.6 Å². The number of benzene rings is 2. The first-order valence-electron chi connectivity index (χ1n) is 10.6. The van der Waals surface area contributed by atoms with Crippen LogP contribution in [0.2, 0.25) is 0 Å². The van der Waals surface area contributed by atoms with Crippen LogP contribution in [-0.4, -0.2) is 34.2 Å². The second-order valence-corrected chi connectivity index (χ2v) is 7.72. The van der Waals surface area contributed by atoms with Gasteiger partial charge in [0.25, 0.3) is 0 Å². The fourth-order valence-electron chi connectivity index (χ4n) is 3.55. The molecule has 1 aromatic heterocycles. The summed E-state index contributed by atoms with van der Waals surface area (Å²) in [6.45, 7) is 3.91. The van der Waals surface area contributed by atoms with Gasteiger partial charge in [0, 0.05) is 35.8 Å². The van der Waals surface area contributed by atoms with Crippen molar-refractivity contribution in [1.29, 1.82) is 0 Å². The Kier molecular flexibility index (Phi) is 7.91. The number of pyridine rings is 1. The summed E-state index contributed by atoms with van der Waals surface area (Å²) in [6.07, 6.45) is -1.73. The lowest BCUT2D eigenvalue weighted by atomic mass is 9.84. The number of hydrogen-bond donors (Lipinski definition) is 1. The molecular weight excluding hydrogens is 507 g/mol. The molecular formula is C25H20F7N3O2. The zero-order chi connectivity index (χ0) is 27.4. The highest BCUT2D eigenvalue weighted by Crippen LogP contribution is 2.46. The van der Waals surface area contributed by atoms with Gasteiger partial charge in [0.1, 0.15) is 23.1 Å². The number of rotatable bonds is 9. The molecule has 0 fully saturated rings. The maximum atomic E-state index is 15.9. The normalized spacial score (nSPS) is 13.9. The smallest absolute Gasteiger partial charge is 0.406 e. The van der Waals surface area contributed by atoms with E-state index in [1.54, 1.807) is 0 Å². The molecule has 3 rings (SSSR count). The quantitative estimate of drug-likeness (QED) is 0.200. The van der Waals surface area contributed by atoms with E-state index in [1.807, 2.05) is 0 Å². The van der Waals surface area contributed by atoms with E-state index in [-0.39, 0.29) is 11.1 Å². The number of aromatic nitrogens is 1. The minimum absolute atomic E-state index is 0.159. The molecule has 0 saturated carbocycles. The largest absolute Gasteiger partial charge is 0.573 e. The molecule has 1 N–H and O–H groups in total. The lowest BCUT2D eigenvalue weighted by molar-refractivity contribution is -0.274. The summed E-state index contributed by atoms with van der Waals surface area (Å²) < 4.78 is 101. The van der Waals surface area contributed by atoms with Crippen LogP contribution in [0.4, 0.5) is 30.7 Å². The lowest BCUT2D eigenvalue weighted by Crippen LogP contribution is -2.50. The van der Waals surface area contributed by atoms with Crippen LogP contribution in [0.25, 0.3) is 11.1 Å². The summed E-state index contributed by atoms with van der Waals surface area (Å²) in [4.78, 5) is 3.70. The fraction of sp³-hybridized carbons (Fsp3) is 0.200. The maximum absolute atomic E-state index is 15.9. The van der Waals surface area contributed by atoms with Gasteiger partial charge in [-0.3, -0.25) is 9.99 Å². The molecule has 2 aromatic carbocycles. The van der Waals surface area contributed by atoms with Crippen molar-refractivity contribution < 1.29 is 40.6 Å². The number of ether oxygens (including phenoxy) is 1. The monoisotopic (exact) mass is 527 g/mol. The SMILES string of the molecule is C=CN(CC(O)(c1ccc(F)cc1F)C(F)(F)c1ccc(-c2cccc(OC(F)(F)F)c2)cn1)N=CC. The van der Waals surface area contributed by atoms with Crippen molar-refractivity contribution in [2.45, 2.75) is 24.8 Å². The molecule has 0 radical (unpaired) electrons. The third-order valence-corrected chi connectivity index (χ3v) is 5.25. The van der Waals surface area contributed by atoms with Gasteiger partial charge in [-0.25, -0.2) is 8.78 Å². The Hall–Kier alpha value is -3.93. The second kappa shape index (κ2) is 10.6. The van der Waals surface area contributed by atoms with E-state index < -0.39 is 53.1 Å². The Morgan fingerprint density at radius 3 is 2.32 bits per heavy atom. The Morgan fingerprint density at radius 2 is 1.76 bits per heavy atom. The number of aliphatic hydroxyl groups is 1.